The Kier molecular flexibility index (Phi) is 4.58. The van der Waals surface area contributed by atoms with Crippen LogP contribution < -0.4 is 10.1 Å². The summed E-state index contributed by atoms with van der Waals surface area (Å²) in [6, 6.07) is 9.91. The highest BCUT2D eigenvalue weighted by molar-refractivity contribution is 5.33. The third-order valence-corrected chi connectivity index (χ3v) is 4.62. The molecule has 0 spiro atoms. The van der Waals surface area contributed by atoms with E-state index in [2.05, 4.69) is 41.4 Å². The Hall–Kier alpha value is -1.06. The van der Waals surface area contributed by atoms with Gasteiger partial charge >= 0.3 is 0 Å². The Morgan fingerprint density at radius 1 is 1.25 bits per heavy atom. The topological polar surface area (TPSA) is 24.5 Å². The van der Waals surface area contributed by atoms with Crippen molar-refractivity contribution < 1.29 is 4.74 Å². The molecular weight excluding hydrogens is 248 g/mol. The molecule has 3 rings (SSSR count). The summed E-state index contributed by atoms with van der Waals surface area (Å²) in [5, 5.41) is 3.68. The SMILES string of the molecule is CCOc1ccccc1CN1CCCC1C1CCCN1. The van der Waals surface area contributed by atoms with Gasteiger partial charge in [0.05, 0.1) is 6.61 Å². The van der Waals surface area contributed by atoms with Gasteiger partial charge in [0.25, 0.3) is 0 Å². The van der Waals surface area contributed by atoms with Gasteiger partial charge in [0.2, 0.25) is 0 Å². The summed E-state index contributed by atoms with van der Waals surface area (Å²) >= 11 is 0. The highest BCUT2D eigenvalue weighted by Gasteiger charge is 2.33. The molecule has 3 nitrogen and oxygen atoms in total. The number of rotatable bonds is 5. The minimum Gasteiger partial charge on any atom is -0.494 e. The molecule has 0 bridgehead atoms. The molecule has 1 N–H and O–H groups in total. The standard InChI is InChI=1S/C17H26N2O/c1-2-20-17-10-4-3-7-14(17)13-19-12-6-9-16(19)15-8-5-11-18-15/h3-4,7,10,15-16,18H,2,5-6,8-9,11-13H2,1H3. The number of hydrogen-bond donors (Lipinski definition) is 1. The molecule has 0 saturated carbocycles. The predicted octanol–water partition coefficient (Wildman–Crippen LogP) is 2.80. The Balaban J connectivity index is 1.69. The molecule has 20 heavy (non-hydrogen) atoms. The lowest BCUT2D eigenvalue weighted by molar-refractivity contribution is 0.203. The Morgan fingerprint density at radius 3 is 2.95 bits per heavy atom. The molecule has 2 fully saturated rings. The van der Waals surface area contributed by atoms with Crippen molar-refractivity contribution in [1.82, 2.24) is 10.2 Å². The van der Waals surface area contributed by atoms with Gasteiger partial charge in [0.1, 0.15) is 5.75 Å². The molecule has 2 aliphatic heterocycles. The summed E-state index contributed by atoms with van der Waals surface area (Å²) in [6.45, 7) is 6.25. The van der Waals surface area contributed by atoms with Gasteiger partial charge in [-0.1, -0.05) is 18.2 Å². The lowest BCUT2D eigenvalue weighted by atomic mass is 10.0. The van der Waals surface area contributed by atoms with Gasteiger partial charge in [0.15, 0.2) is 0 Å². The van der Waals surface area contributed by atoms with E-state index in [1.807, 2.05) is 0 Å². The van der Waals surface area contributed by atoms with Crippen LogP contribution in [0.15, 0.2) is 24.3 Å². The minimum absolute atomic E-state index is 0.705. The van der Waals surface area contributed by atoms with Crippen molar-refractivity contribution in [3.05, 3.63) is 29.8 Å². The van der Waals surface area contributed by atoms with Crippen molar-refractivity contribution in [1.29, 1.82) is 0 Å². The smallest absolute Gasteiger partial charge is 0.123 e. The number of ether oxygens (including phenoxy) is 1. The van der Waals surface area contributed by atoms with Crippen LogP contribution in [0.2, 0.25) is 0 Å². The Labute approximate surface area is 122 Å². The zero-order valence-electron chi connectivity index (χ0n) is 12.5. The molecular formula is C17H26N2O. The zero-order chi connectivity index (χ0) is 13.8. The van der Waals surface area contributed by atoms with Gasteiger partial charge in [-0.3, -0.25) is 4.90 Å². The van der Waals surface area contributed by atoms with Crippen molar-refractivity contribution in [2.45, 2.75) is 51.2 Å². The van der Waals surface area contributed by atoms with Gasteiger partial charge in [-0.15, -0.1) is 0 Å². The molecule has 1 aromatic rings. The molecule has 2 saturated heterocycles. The van der Waals surface area contributed by atoms with Crippen molar-refractivity contribution in [3.63, 3.8) is 0 Å². The number of likely N-dealkylation sites (tertiary alicyclic amines) is 1. The third kappa shape index (κ3) is 2.99. The summed E-state index contributed by atoms with van der Waals surface area (Å²) in [5.74, 6) is 1.06. The molecule has 0 amide bonds. The van der Waals surface area contributed by atoms with Gasteiger partial charge in [-0.2, -0.15) is 0 Å². The Morgan fingerprint density at radius 2 is 2.15 bits per heavy atom. The monoisotopic (exact) mass is 274 g/mol. The molecule has 0 radical (unpaired) electrons. The molecule has 2 unspecified atom stereocenters. The highest BCUT2D eigenvalue weighted by Crippen LogP contribution is 2.28. The van der Waals surface area contributed by atoms with E-state index in [0.29, 0.717) is 12.1 Å². The summed E-state index contributed by atoms with van der Waals surface area (Å²) in [6.07, 6.45) is 5.35. The van der Waals surface area contributed by atoms with Crippen LogP contribution in [0.1, 0.15) is 38.2 Å². The lowest BCUT2D eigenvalue weighted by Crippen LogP contribution is -2.43. The zero-order valence-corrected chi connectivity index (χ0v) is 12.5. The summed E-state index contributed by atoms with van der Waals surface area (Å²) in [7, 11) is 0. The van der Waals surface area contributed by atoms with Gasteiger partial charge in [-0.25, -0.2) is 0 Å². The summed E-state index contributed by atoms with van der Waals surface area (Å²) in [5.41, 5.74) is 1.33. The van der Waals surface area contributed by atoms with Crippen LogP contribution in [0.3, 0.4) is 0 Å². The summed E-state index contributed by atoms with van der Waals surface area (Å²) < 4.78 is 5.77. The quantitative estimate of drug-likeness (QED) is 0.893. The van der Waals surface area contributed by atoms with E-state index in [-0.39, 0.29) is 0 Å². The first-order chi connectivity index (χ1) is 9.88. The van der Waals surface area contributed by atoms with E-state index in [4.69, 9.17) is 4.74 Å². The maximum atomic E-state index is 5.77. The fourth-order valence-corrected chi connectivity index (χ4v) is 3.69. The van der Waals surface area contributed by atoms with Crippen molar-refractivity contribution in [3.8, 4) is 5.75 Å². The van der Waals surface area contributed by atoms with E-state index < -0.39 is 0 Å². The second-order valence-corrected chi connectivity index (χ2v) is 5.92. The molecule has 0 aromatic heterocycles. The van der Waals surface area contributed by atoms with Crippen LogP contribution in [0.4, 0.5) is 0 Å². The van der Waals surface area contributed by atoms with E-state index in [1.54, 1.807) is 0 Å². The largest absolute Gasteiger partial charge is 0.494 e. The number of benzene rings is 1. The van der Waals surface area contributed by atoms with Crippen LogP contribution in [-0.4, -0.2) is 36.7 Å². The second kappa shape index (κ2) is 6.59. The normalized spacial score (nSPS) is 27.1. The van der Waals surface area contributed by atoms with Crippen molar-refractivity contribution >= 4 is 0 Å². The van der Waals surface area contributed by atoms with Crippen LogP contribution >= 0.6 is 0 Å². The lowest BCUT2D eigenvalue weighted by Gasteiger charge is -2.30. The maximum Gasteiger partial charge on any atom is 0.123 e. The average molecular weight is 274 g/mol. The Bertz CT molecular complexity index is 429. The van der Waals surface area contributed by atoms with Gasteiger partial charge < -0.3 is 10.1 Å². The highest BCUT2D eigenvalue weighted by atomic mass is 16.5. The fourth-order valence-electron chi connectivity index (χ4n) is 3.69. The molecule has 2 atom stereocenters. The molecule has 1 aromatic carbocycles. The maximum absolute atomic E-state index is 5.77. The van der Waals surface area contributed by atoms with Gasteiger partial charge in [0, 0.05) is 24.2 Å². The van der Waals surface area contributed by atoms with Crippen LogP contribution in [0.25, 0.3) is 0 Å². The van der Waals surface area contributed by atoms with Crippen LogP contribution in [0, 0.1) is 0 Å². The predicted molar refractivity (Wildman–Crippen MR) is 82.1 cm³/mol. The molecule has 0 aliphatic carbocycles. The minimum atomic E-state index is 0.705. The number of nitrogens with one attached hydrogen (secondary N) is 1. The van der Waals surface area contributed by atoms with E-state index in [9.17, 15) is 0 Å². The number of hydrogen-bond acceptors (Lipinski definition) is 3. The molecule has 2 heterocycles. The average Bonchev–Trinajstić information content (AvgIpc) is 3.11. The van der Waals surface area contributed by atoms with E-state index in [1.165, 1.54) is 44.3 Å². The summed E-state index contributed by atoms with van der Waals surface area (Å²) in [4.78, 5) is 2.65. The van der Waals surface area contributed by atoms with E-state index in [0.717, 1.165) is 18.9 Å². The molecule has 3 heteroatoms. The molecule has 2 aliphatic rings. The van der Waals surface area contributed by atoms with Crippen molar-refractivity contribution in [2.75, 3.05) is 19.7 Å². The first kappa shape index (κ1) is 13.9. The van der Waals surface area contributed by atoms with Crippen LogP contribution in [0.5, 0.6) is 5.75 Å². The number of para-hydroxylation sites is 1. The van der Waals surface area contributed by atoms with Crippen molar-refractivity contribution in [2.24, 2.45) is 0 Å². The fraction of sp³-hybridized carbons (Fsp3) is 0.647. The van der Waals surface area contributed by atoms with Crippen LogP contribution in [-0.2, 0) is 6.54 Å². The molecule has 110 valence electrons. The van der Waals surface area contributed by atoms with E-state index >= 15 is 0 Å². The third-order valence-electron chi connectivity index (χ3n) is 4.62. The first-order valence-electron chi connectivity index (χ1n) is 8.06. The second-order valence-electron chi connectivity index (χ2n) is 5.92. The first-order valence-corrected chi connectivity index (χ1v) is 8.06. The number of nitrogens with zero attached hydrogens (tertiary/aromatic N) is 1. The van der Waals surface area contributed by atoms with Gasteiger partial charge in [-0.05, 0) is 51.8 Å².